The van der Waals surface area contributed by atoms with Crippen molar-refractivity contribution in [1.29, 1.82) is 0 Å². The molecule has 1 N–H and O–H groups in total. The zero-order valence-electron chi connectivity index (χ0n) is 14.2. The van der Waals surface area contributed by atoms with E-state index in [1.165, 1.54) is 4.31 Å². The Hall–Kier alpha value is -1.85. The lowest BCUT2D eigenvalue weighted by Crippen LogP contribution is -2.48. The summed E-state index contributed by atoms with van der Waals surface area (Å²) in [5.74, 6) is 0. The highest BCUT2D eigenvalue weighted by Gasteiger charge is 2.35. The molecule has 3 heterocycles. The van der Waals surface area contributed by atoms with E-state index in [1.807, 2.05) is 0 Å². The van der Waals surface area contributed by atoms with Crippen molar-refractivity contribution in [2.45, 2.75) is 17.5 Å². The molecule has 2 aliphatic rings. The molecular weight excluding hydrogens is 401 g/mol. The minimum Gasteiger partial charge on any atom is -0.384 e. The Kier molecular flexibility index (Phi) is 4.55. The van der Waals surface area contributed by atoms with Crippen LogP contribution in [0.1, 0.15) is 11.3 Å². The van der Waals surface area contributed by atoms with Crippen molar-refractivity contribution < 1.29 is 21.6 Å². The minimum absolute atomic E-state index is 0.207. The molecule has 1 fully saturated rings. The van der Waals surface area contributed by atoms with Gasteiger partial charge >= 0.3 is 6.18 Å². The summed E-state index contributed by atoms with van der Waals surface area (Å²) in [6.45, 7) is 1.81. The second-order valence-corrected chi connectivity index (χ2v) is 9.17. The Balaban J connectivity index is 1.46. The number of rotatable bonds is 3. The van der Waals surface area contributed by atoms with Crippen LogP contribution in [0, 0.1) is 0 Å². The SMILES string of the molecule is O=S(=O)(c1ccc2c(c1)CCN2)N1CCN(c2nc(C(F)(F)F)cs2)CC1. The highest BCUT2D eigenvalue weighted by atomic mass is 32.2. The van der Waals surface area contributed by atoms with Crippen LogP contribution < -0.4 is 10.2 Å². The van der Waals surface area contributed by atoms with Crippen LogP contribution in [0.3, 0.4) is 0 Å². The van der Waals surface area contributed by atoms with Gasteiger partial charge in [0.05, 0.1) is 4.90 Å². The number of anilines is 2. The molecule has 2 aromatic rings. The van der Waals surface area contributed by atoms with Crippen LogP contribution in [0.5, 0.6) is 0 Å². The quantitative estimate of drug-likeness (QED) is 0.830. The minimum atomic E-state index is -4.47. The van der Waals surface area contributed by atoms with Gasteiger partial charge in [0.25, 0.3) is 0 Å². The maximum absolute atomic E-state index is 12.9. The summed E-state index contributed by atoms with van der Waals surface area (Å²) in [6.07, 6.45) is -3.68. The summed E-state index contributed by atoms with van der Waals surface area (Å²) in [6, 6.07) is 5.07. The molecule has 4 rings (SSSR count). The summed E-state index contributed by atoms with van der Waals surface area (Å²) >= 11 is 0.921. The van der Waals surface area contributed by atoms with E-state index in [2.05, 4.69) is 10.3 Å². The molecule has 1 saturated heterocycles. The van der Waals surface area contributed by atoms with Crippen molar-refractivity contribution in [2.24, 2.45) is 0 Å². The van der Waals surface area contributed by atoms with Crippen LogP contribution >= 0.6 is 11.3 Å². The van der Waals surface area contributed by atoms with E-state index in [1.54, 1.807) is 23.1 Å². The first-order chi connectivity index (χ1) is 12.7. The normalized spacial score (nSPS) is 18.4. The summed E-state index contributed by atoms with van der Waals surface area (Å²) in [5, 5.41) is 4.44. The molecule has 1 aromatic carbocycles. The second-order valence-electron chi connectivity index (χ2n) is 6.40. The number of aromatic nitrogens is 1. The molecule has 6 nitrogen and oxygen atoms in total. The van der Waals surface area contributed by atoms with Gasteiger partial charge in [-0.05, 0) is 30.2 Å². The molecule has 0 aliphatic carbocycles. The molecule has 1 aromatic heterocycles. The van der Waals surface area contributed by atoms with E-state index in [-0.39, 0.29) is 23.1 Å². The van der Waals surface area contributed by atoms with Crippen molar-refractivity contribution in [1.82, 2.24) is 9.29 Å². The lowest BCUT2D eigenvalue weighted by atomic mass is 10.2. The van der Waals surface area contributed by atoms with Gasteiger partial charge in [0.15, 0.2) is 10.8 Å². The first kappa shape index (κ1) is 18.5. The van der Waals surface area contributed by atoms with Crippen LogP contribution in [-0.2, 0) is 22.6 Å². The summed E-state index contributed by atoms with van der Waals surface area (Å²) < 4.78 is 65.3. The number of thiazole rings is 1. The van der Waals surface area contributed by atoms with Gasteiger partial charge in [0.2, 0.25) is 10.0 Å². The lowest BCUT2D eigenvalue weighted by molar-refractivity contribution is -0.140. The van der Waals surface area contributed by atoms with Crippen molar-refractivity contribution in [2.75, 3.05) is 42.9 Å². The first-order valence-corrected chi connectivity index (χ1v) is 10.7. The molecule has 0 spiro atoms. The predicted octanol–water partition coefficient (Wildman–Crippen LogP) is 2.64. The number of nitrogens with zero attached hydrogens (tertiary/aromatic N) is 3. The molecule has 0 amide bonds. The van der Waals surface area contributed by atoms with E-state index >= 15 is 0 Å². The van der Waals surface area contributed by atoms with Crippen LogP contribution in [0.2, 0.25) is 0 Å². The molecule has 27 heavy (non-hydrogen) atoms. The maximum atomic E-state index is 12.9. The fourth-order valence-corrected chi connectivity index (χ4v) is 5.61. The fraction of sp³-hybridized carbons (Fsp3) is 0.438. The maximum Gasteiger partial charge on any atom is 0.434 e. The zero-order valence-corrected chi connectivity index (χ0v) is 15.8. The van der Waals surface area contributed by atoms with E-state index in [0.29, 0.717) is 13.1 Å². The Labute approximate surface area is 158 Å². The summed E-state index contributed by atoms with van der Waals surface area (Å²) in [5.41, 5.74) is 1.03. The van der Waals surface area contributed by atoms with Crippen molar-refractivity contribution >= 4 is 32.2 Å². The summed E-state index contributed by atoms with van der Waals surface area (Å²) in [7, 11) is -3.63. The average Bonchev–Trinajstić information content (AvgIpc) is 3.30. The Morgan fingerprint density at radius 2 is 1.89 bits per heavy atom. The number of alkyl halides is 3. The number of hydrogen-bond donors (Lipinski definition) is 1. The van der Waals surface area contributed by atoms with Gasteiger partial charge in [0.1, 0.15) is 0 Å². The van der Waals surface area contributed by atoms with Gasteiger partial charge in [-0.25, -0.2) is 13.4 Å². The molecular formula is C16H17F3N4O2S2. The van der Waals surface area contributed by atoms with Crippen LogP contribution in [0.25, 0.3) is 0 Å². The number of piperazine rings is 1. The highest BCUT2D eigenvalue weighted by molar-refractivity contribution is 7.89. The molecule has 2 aliphatic heterocycles. The van der Waals surface area contributed by atoms with Gasteiger partial charge in [-0.3, -0.25) is 0 Å². The standard InChI is InChI=1S/C16H17F3N4O2S2/c17-16(18,19)14-10-26-15(21-14)22-5-7-23(8-6-22)27(24,25)12-1-2-13-11(9-12)3-4-20-13/h1-2,9-10,20H,3-8H2. The zero-order chi connectivity index (χ0) is 19.2. The topological polar surface area (TPSA) is 65.5 Å². The number of hydrogen-bond acceptors (Lipinski definition) is 6. The number of nitrogens with one attached hydrogen (secondary N) is 1. The monoisotopic (exact) mass is 418 g/mol. The molecule has 146 valence electrons. The third-order valence-corrected chi connectivity index (χ3v) is 7.51. The van der Waals surface area contributed by atoms with Gasteiger partial charge in [-0.15, -0.1) is 11.3 Å². The van der Waals surface area contributed by atoms with Gasteiger partial charge in [0, 0.05) is 43.8 Å². The third-order valence-electron chi connectivity index (χ3n) is 4.72. The van der Waals surface area contributed by atoms with E-state index in [9.17, 15) is 21.6 Å². The van der Waals surface area contributed by atoms with Gasteiger partial charge in [-0.2, -0.15) is 17.5 Å². The summed E-state index contributed by atoms with van der Waals surface area (Å²) in [4.78, 5) is 5.58. The molecule has 0 unspecified atom stereocenters. The van der Waals surface area contributed by atoms with Crippen LogP contribution in [0.4, 0.5) is 24.0 Å². The third kappa shape index (κ3) is 3.50. The molecule has 0 radical (unpaired) electrons. The molecule has 11 heteroatoms. The Morgan fingerprint density at radius 1 is 1.15 bits per heavy atom. The van der Waals surface area contributed by atoms with Crippen molar-refractivity contribution in [3.8, 4) is 0 Å². The van der Waals surface area contributed by atoms with Crippen molar-refractivity contribution in [3.63, 3.8) is 0 Å². The predicted molar refractivity (Wildman–Crippen MR) is 96.7 cm³/mol. The number of fused-ring (bicyclic) bond motifs is 1. The number of halogens is 3. The largest absolute Gasteiger partial charge is 0.434 e. The first-order valence-electron chi connectivity index (χ1n) is 8.40. The molecule has 0 saturated carbocycles. The lowest BCUT2D eigenvalue weighted by Gasteiger charge is -2.33. The smallest absolute Gasteiger partial charge is 0.384 e. The van der Waals surface area contributed by atoms with Crippen LogP contribution in [-0.4, -0.2) is 50.4 Å². The van der Waals surface area contributed by atoms with Crippen molar-refractivity contribution in [3.05, 3.63) is 34.8 Å². The molecule has 0 bridgehead atoms. The molecule has 0 atom stereocenters. The van der Waals surface area contributed by atoms with Gasteiger partial charge in [-0.1, -0.05) is 0 Å². The second kappa shape index (κ2) is 6.64. The van der Waals surface area contributed by atoms with E-state index in [0.717, 1.165) is 40.9 Å². The van der Waals surface area contributed by atoms with Gasteiger partial charge < -0.3 is 10.2 Å². The highest BCUT2D eigenvalue weighted by Crippen LogP contribution is 2.33. The number of sulfonamides is 1. The average molecular weight is 418 g/mol. The van der Waals surface area contributed by atoms with E-state index in [4.69, 9.17) is 0 Å². The Bertz CT molecular complexity index is 951. The number of benzene rings is 1. The fourth-order valence-electron chi connectivity index (χ4n) is 3.25. The van der Waals surface area contributed by atoms with Crippen LogP contribution in [0.15, 0.2) is 28.5 Å². The Morgan fingerprint density at radius 3 is 2.56 bits per heavy atom. The van der Waals surface area contributed by atoms with E-state index < -0.39 is 21.9 Å².